The first-order chi connectivity index (χ1) is 30.6. The van der Waals surface area contributed by atoms with Crippen molar-refractivity contribution in [3.63, 3.8) is 0 Å². The fourth-order valence-electron chi connectivity index (χ4n) is 9.68. The van der Waals surface area contributed by atoms with Crippen molar-refractivity contribution in [2.75, 3.05) is 60.9 Å². The normalized spacial score (nSPS) is 22.0. The molecule has 0 bridgehead atoms. The summed E-state index contributed by atoms with van der Waals surface area (Å²) in [4.78, 5) is 86.0. The molecule has 3 saturated heterocycles. The number of halogens is 2. The second-order valence-corrected chi connectivity index (χ2v) is 17.8. The number of carbonyl (C=O) groups excluding carboxylic acids is 5. The lowest BCUT2D eigenvalue weighted by Gasteiger charge is -2.40. The van der Waals surface area contributed by atoms with Crippen molar-refractivity contribution in [1.29, 1.82) is 0 Å². The molecule has 0 radical (unpaired) electrons. The minimum Gasteiger partial charge on any atom is -0.372 e. The third-order valence-electron chi connectivity index (χ3n) is 13.2. The van der Waals surface area contributed by atoms with Gasteiger partial charge in [0, 0.05) is 75.7 Å². The van der Waals surface area contributed by atoms with Gasteiger partial charge in [-0.15, -0.1) is 0 Å². The van der Waals surface area contributed by atoms with Gasteiger partial charge < -0.3 is 25.0 Å². The quantitative estimate of drug-likeness (QED) is 0.151. The van der Waals surface area contributed by atoms with Crippen molar-refractivity contribution >= 4 is 86.8 Å². The fourth-order valence-corrected chi connectivity index (χ4v) is 10.2. The summed E-state index contributed by atoms with van der Waals surface area (Å²) in [5, 5.41) is 9.39. The van der Waals surface area contributed by atoms with E-state index >= 15 is 0 Å². The van der Waals surface area contributed by atoms with E-state index in [0.29, 0.717) is 38.4 Å². The first kappa shape index (κ1) is 40.9. The molecular weight excluding hydrogens is 845 g/mol. The maximum atomic E-state index is 13.7. The number of hydrogen-bond acceptors (Lipinski definition) is 12. The Hall–Kier alpha value is -6.10. The molecule has 63 heavy (non-hydrogen) atoms. The van der Waals surface area contributed by atoms with Crippen molar-refractivity contribution in [3.05, 3.63) is 100 Å². The van der Waals surface area contributed by atoms with Gasteiger partial charge in [0.05, 0.1) is 38.8 Å². The highest BCUT2D eigenvalue weighted by Gasteiger charge is 2.46. The predicted molar refractivity (Wildman–Crippen MR) is 238 cm³/mol. The highest BCUT2D eigenvalue weighted by molar-refractivity contribution is 6.39. The van der Waals surface area contributed by atoms with Crippen LogP contribution in [-0.4, -0.2) is 117 Å². The van der Waals surface area contributed by atoms with E-state index in [0.717, 1.165) is 93.4 Å². The molecule has 4 fully saturated rings. The summed E-state index contributed by atoms with van der Waals surface area (Å²) in [6, 6.07) is 17.9. The van der Waals surface area contributed by atoms with Gasteiger partial charge in [-0.1, -0.05) is 35.3 Å². The fraction of sp³-hybridized carbons (Fsp3) is 0.378. The number of nitrogens with one attached hydrogen (secondary N) is 3. The average Bonchev–Trinajstić information content (AvgIpc) is 3.81. The Bertz CT molecular complexity index is 2620. The van der Waals surface area contributed by atoms with Gasteiger partial charge in [0.2, 0.25) is 11.8 Å². The SMILES string of the molecule is O=C1CCC(N2C(=O)c3cccc(N4CCN(CC5CCN(c6ccc(Nc7ncnc8c7ncn8C7CC(NC(=O)c8c(Cl)cccc8Cl)C7)cc6)CC5)CC4)c3C2=O)C(=O)N1. The molecule has 18 heteroatoms. The van der Waals surface area contributed by atoms with Crippen LogP contribution in [0.2, 0.25) is 10.0 Å². The number of imide groups is 2. The minimum atomic E-state index is -0.983. The highest BCUT2D eigenvalue weighted by atomic mass is 35.5. The topological polar surface area (TPSA) is 178 Å². The summed E-state index contributed by atoms with van der Waals surface area (Å²) < 4.78 is 2.05. The second-order valence-electron chi connectivity index (χ2n) is 17.0. The number of anilines is 4. The summed E-state index contributed by atoms with van der Waals surface area (Å²) in [7, 11) is 0. The largest absolute Gasteiger partial charge is 0.372 e. The molecule has 324 valence electrons. The van der Waals surface area contributed by atoms with E-state index < -0.39 is 29.7 Å². The number of rotatable bonds is 10. The lowest BCUT2D eigenvalue weighted by molar-refractivity contribution is -0.136. The van der Waals surface area contributed by atoms with Crippen LogP contribution < -0.4 is 25.8 Å². The Morgan fingerprint density at radius 2 is 1.52 bits per heavy atom. The number of piperidine rings is 2. The molecule has 16 nitrogen and oxygen atoms in total. The van der Waals surface area contributed by atoms with Crippen molar-refractivity contribution in [2.24, 2.45) is 5.92 Å². The minimum absolute atomic E-state index is 0.0187. The van der Waals surface area contributed by atoms with Crippen LogP contribution in [0.1, 0.15) is 75.6 Å². The number of fused-ring (bicyclic) bond motifs is 2. The highest BCUT2D eigenvalue weighted by Crippen LogP contribution is 2.38. The summed E-state index contributed by atoms with van der Waals surface area (Å²) in [5.74, 6) is -1.03. The molecule has 1 unspecified atom stereocenters. The molecule has 1 aliphatic carbocycles. The van der Waals surface area contributed by atoms with Crippen LogP contribution >= 0.6 is 23.2 Å². The van der Waals surface area contributed by atoms with Crippen molar-refractivity contribution < 1.29 is 24.0 Å². The van der Waals surface area contributed by atoms with Crippen LogP contribution in [0.3, 0.4) is 0 Å². The Balaban J connectivity index is 0.693. The first-order valence-electron chi connectivity index (χ1n) is 21.5. The lowest BCUT2D eigenvalue weighted by Crippen LogP contribution is -2.54. The van der Waals surface area contributed by atoms with Crippen molar-refractivity contribution in [3.8, 4) is 0 Å². The molecule has 5 aliphatic rings. The molecule has 0 spiro atoms. The third kappa shape index (κ3) is 7.84. The van der Waals surface area contributed by atoms with Gasteiger partial charge in [-0.05, 0) is 86.6 Å². The van der Waals surface area contributed by atoms with Crippen LogP contribution in [0.5, 0.6) is 0 Å². The number of aromatic nitrogens is 4. The zero-order chi connectivity index (χ0) is 43.4. The molecule has 3 N–H and O–H groups in total. The Labute approximate surface area is 372 Å². The number of hydrogen-bond donors (Lipinski definition) is 3. The van der Waals surface area contributed by atoms with Gasteiger partial charge in [-0.2, -0.15) is 0 Å². The summed E-state index contributed by atoms with van der Waals surface area (Å²) >= 11 is 12.5. The number of nitrogens with zero attached hydrogens (tertiary/aromatic N) is 8. The lowest BCUT2D eigenvalue weighted by atomic mass is 9.86. The first-order valence-corrected chi connectivity index (χ1v) is 22.2. The number of carbonyl (C=O) groups is 5. The van der Waals surface area contributed by atoms with Crippen LogP contribution in [0.25, 0.3) is 11.2 Å². The zero-order valence-corrected chi connectivity index (χ0v) is 35.8. The molecule has 1 saturated carbocycles. The van der Waals surface area contributed by atoms with Crippen LogP contribution in [0.15, 0.2) is 73.3 Å². The van der Waals surface area contributed by atoms with E-state index in [4.69, 9.17) is 23.2 Å². The standard InChI is InChI=1S/C45H45Cl2N11O5/c46-32-4-2-5-33(47)38(32)43(61)52-28-21-30(22-28)57-25-50-39-40(48-24-49-41(39)57)51-27-7-9-29(10-8-27)55-15-13-26(14-16-55)23-54-17-19-56(20-18-54)34-6-1-3-31-37(34)45(63)58(44(31)62)35-11-12-36(59)53-42(35)60/h1-10,24-26,28,30,35H,11-23H2,(H,52,61)(H,48,49,51)(H,53,59,60). The van der Waals surface area contributed by atoms with Gasteiger partial charge in [0.25, 0.3) is 17.7 Å². The van der Waals surface area contributed by atoms with Crippen LogP contribution in [0, 0.1) is 5.92 Å². The maximum Gasteiger partial charge on any atom is 0.264 e. The van der Waals surface area contributed by atoms with E-state index in [1.54, 1.807) is 43.0 Å². The van der Waals surface area contributed by atoms with E-state index in [9.17, 15) is 24.0 Å². The van der Waals surface area contributed by atoms with E-state index in [2.05, 4.69) is 69.9 Å². The number of benzene rings is 3. The predicted octanol–water partition coefficient (Wildman–Crippen LogP) is 5.45. The monoisotopic (exact) mass is 889 g/mol. The molecule has 3 aromatic carbocycles. The van der Waals surface area contributed by atoms with Gasteiger partial charge in [0.15, 0.2) is 17.0 Å². The van der Waals surface area contributed by atoms with Gasteiger partial charge >= 0.3 is 0 Å². The second kappa shape index (κ2) is 16.9. The number of imidazole rings is 1. The van der Waals surface area contributed by atoms with Crippen molar-refractivity contribution in [2.45, 2.75) is 56.7 Å². The molecule has 6 heterocycles. The Kier molecular flexibility index (Phi) is 11.0. The third-order valence-corrected chi connectivity index (χ3v) is 13.8. The molecule has 1 atom stereocenters. The summed E-state index contributed by atoms with van der Waals surface area (Å²) in [6.45, 7) is 6.09. The summed E-state index contributed by atoms with van der Waals surface area (Å²) in [6.07, 6.45) is 7.18. The van der Waals surface area contributed by atoms with E-state index in [-0.39, 0.29) is 36.4 Å². The zero-order valence-electron chi connectivity index (χ0n) is 34.3. The van der Waals surface area contributed by atoms with Crippen LogP contribution in [-0.2, 0) is 9.59 Å². The van der Waals surface area contributed by atoms with Gasteiger partial charge in [0.1, 0.15) is 12.4 Å². The van der Waals surface area contributed by atoms with Crippen molar-refractivity contribution in [1.82, 2.24) is 40.0 Å². The van der Waals surface area contributed by atoms with E-state index in [1.165, 1.54) is 5.69 Å². The Morgan fingerprint density at radius 3 is 2.25 bits per heavy atom. The van der Waals surface area contributed by atoms with E-state index in [1.807, 2.05) is 10.6 Å². The average molecular weight is 891 g/mol. The number of piperazine rings is 1. The molecule has 5 amide bonds. The molecule has 10 rings (SSSR count). The molecule has 2 aromatic heterocycles. The smallest absolute Gasteiger partial charge is 0.264 e. The molecule has 4 aliphatic heterocycles. The number of amides is 5. The van der Waals surface area contributed by atoms with Crippen LogP contribution in [0.4, 0.5) is 22.9 Å². The Morgan fingerprint density at radius 1 is 0.794 bits per heavy atom. The maximum absolute atomic E-state index is 13.7. The van der Waals surface area contributed by atoms with Gasteiger partial charge in [-0.3, -0.25) is 39.1 Å². The molecule has 5 aromatic rings. The molecular formula is C45H45Cl2N11O5. The van der Waals surface area contributed by atoms with Gasteiger partial charge in [-0.25, -0.2) is 15.0 Å². The summed E-state index contributed by atoms with van der Waals surface area (Å²) in [5.41, 5.74) is 5.15.